The molecule has 0 aliphatic heterocycles. The topological polar surface area (TPSA) is 38.9 Å². The molecule has 0 aliphatic rings. The molecular formula is C14H17F3IN3OS. The summed E-state index contributed by atoms with van der Waals surface area (Å²) in [5.41, 5.74) is 1.56. The zero-order chi connectivity index (χ0) is 16.0. The van der Waals surface area contributed by atoms with Gasteiger partial charge in [-0.1, -0.05) is 0 Å². The van der Waals surface area contributed by atoms with Crippen LogP contribution in [0.15, 0.2) is 24.5 Å². The molecule has 0 bridgehead atoms. The maximum atomic E-state index is 12.0. The number of nitrogens with zero attached hydrogens (tertiary/aromatic N) is 3. The lowest BCUT2D eigenvalue weighted by molar-refractivity contribution is -0.671. The van der Waals surface area contributed by atoms with Gasteiger partial charge in [0.25, 0.3) is 5.88 Å². The van der Waals surface area contributed by atoms with E-state index in [1.54, 1.807) is 0 Å². The maximum absolute atomic E-state index is 12.0. The zero-order valence-electron chi connectivity index (χ0n) is 12.5. The Morgan fingerprint density at radius 1 is 1.22 bits per heavy atom. The van der Waals surface area contributed by atoms with Gasteiger partial charge in [-0.25, -0.2) is 4.57 Å². The van der Waals surface area contributed by atoms with E-state index in [0.29, 0.717) is 31.0 Å². The summed E-state index contributed by atoms with van der Waals surface area (Å²) in [6.45, 7) is 0.342. The lowest BCUT2D eigenvalue weighted by Gasteiger charge is -2.06. The lowest BCUT2D eigenvalue weighted by atomic mass is 10.2. The summed E-state index contributed by atoms with van der Waals surface area (Å²) >= 11 is 1.06. The fourth-order valence-electron chi connectivity index (χ4n) is 1.95. The third-order valence-electron chi connectivity index (χ3n) is 3.01. The molecule has 0 saturated carbocycles. The zero-order valence-corrected chi connectivity index (χ0v) is 15.5. The predicted octanol–water partition coefficient (Wildman–Crippen LogP) is 0.535. The molecule has 9 heteroatoms. The molecular weight excluding hydrogens is 442 g/mol. The number of rotatable bonds is 7. The van der Waals surface area contributed by atoms with Gasteiger partial charge >= 0.3 is 6.18 Å². The van der Waals surface area contributed by atoms with E-state index in [4.69, 9.17) is 4.74 Å². The van der Waals surface area contributed by atoms with Crippen LogP contribution in [0.4, 0.5) is 13.2 Å². The van der Waals surface area contributed by atoms with Crippen molar-refractivity contribution in [3.63, 3.8) is 0 Å². The molecule has 0 amide bonds. The number of hydrogen-bond acceptors (Lipinski definition) is 4. The lowest BCUT2D eigenvalue weighted by Crippen LogP contribution is -3.00. The van der Waals surface area contributed by atoms with Crippen LogP contribution in [0.5, 0.6) is 5.88 Å². The van der Waals surface area contributed by atoms with E-state index >= 15 is 0 Å². The number of aromatic nitrogens is 3. The summed E-state index contributed by atoms with van der Waals surface area (Å²) < 4.78 is 51.8. The molecule has 2 rings (SSSR count). The van der Waals surface area contributed by atoms with E-state index in [1.165, 1.54) is 0 Å². The number of unbranched alkanes of at least 4 members (excludes halogenated alkanes) is 2. The number of ether oxygens (including phenoxy) is 1. The molecule has 0 unspecified atom stereocenters. The molecule has 23 heavy (non-hydrogen) atoms. The Balaban J connectivity index is 0.00000264. The van der Waals surface area contributed by atoms with E-state index in [0.717, 1.165) is 17.3 Å². The van der Waals surface area contributed by atoms with Crippen molar-refractivity contribution in [2.24, 2.45) is 7.05 Å². The predicted molar refractivity (Wildman–Crippen MR) is 76.5 cm³/mol. The van der Waals surface area contributed by atoms with Gasteiger partial charge in [-0.15, -0.1) is 4.37 Å². The highest BCUT2D eigenvalue weighted by atomic mass is 127. The van der Waals surface area contributed by atoms with Gasteiger partial charge in [-0.3, -0.25) is 0 Å². The highest BCUT2D eigenvalue weighted by Gasteiger charge is 2.25. The van der Waals surface area contributed by atoms with Crippen molar-refractivity contribution in [3.8, 4) is 17.1 Å². The summed E-state index contributed by atoms with van der Waals surface area (Å²) in [7, 11) is 1.91. The average molecular weight is 459 g/mol. The standard InChI is InChI=1S/C14H17F3N3OS.HI/c1-20-8-5-6-11(10-20)12-13(19-22-18-12)21-9-4-2-3-7-14(15,16)17;/h5-6,8,10H,2-4,7,9H2,1H3;1H/q+1;/p-1. The van der Waals surface area contributed by atoms with E-state index in [2.05, 4.69) is 8.75 Å². The second-order valence-corrected chi connectivity index (χ2v) is 5.48. The molecule has 128 valence electrons. The Labute approximate surface area is 154 Å². The van der Waals surface area contributed by atoms with Crippen LogP contribution in [0, 0.1) is 0 Å². The minimum Gasteiger partial charge on any atom is -1.00 e. The molecule has 0 saturated heterocycles. The first-order valence-corrected chi connectivity index (χ1v) is 7.66. The van der Waals surface area contributed by atoms with Gasteiger partial charge < -0.3 is 28.7 Å². The smallest absolute Gasteiger partial charge is 0.389 e. The second kappa shape index (κ2) is 9.36. The van der Waals surface area contributed by atoms with Crippen LogP contribution >= 0.6 is 11.7 Å². The fraction of sp³-hybridized carbons (Fsp3) is 0.500. The van der Waals surface area contributed by atoms with E-state index in [-0.39, 0.29) is 30.4 Å². The Morgan fingerprint density at radius 3 is 2.70 bits per heavy atom. The van der Waals surface area contributed by atoms with Gasteiger partial charge in [0, 0.05) is 12.5 Å². The van der Waals surface area contributed by atoms with Crippen LogP contribution < -0.4 is 33.3 Å². The van der Waals surface area contributed by atoms with Gasteiger partial charge in [-0.2, -0.15) is 17.5 Å². The van der Waals surface area contributed by atoms with Crippen molar-refractivity contribution in [1.82, 2.24) is 8.75 Å². The Bertz CT molecular complexity index is 607. The first-order valence-electron chi connectivity index (χ1n) is 6.93. The molecule has 0 fully saturated rings. The fourth-order valence-corrected chi connectivity index (χ4v) is 2.47. The van der Waals surface area contributed by atoms with Crippen LogP contribution in [0.25, 0.3) is 11.3 Å². The third kappa shape index (κ3) is 6.98. The van der Waals surface area contributed by atoms with Gasteiger partial charge in [0.15, 0.2) is 18.1 Å². The SMILES string of the molecule is C[n+]1cccc(-c2nsnc2OCCCCCC(F)(F)F)c1.[I-]. The Morgan fingerprint density at radius 2 is 2.00 bits per heavy atom. The highest BCUT2D eigenvalue weighted by Crippen LogP contribution is 2.27. The number of hydrogen-bond donors (Lipinski definition) is 0. The van der Waals surface area contributed by atoms with Gasteiger partial charge in [0.1, 0.15) is 7.05 Å². The number of alkyl halides is 3. The Hall–Kier alpha value is -0.970. The largest absolute Gasteiger partial charge is 1.00 e. The molecule has 0 N–H and O–H groups in total. The summed E-state index contributed by atoms with van der Waals surface area (Å²) in [5, 5.41) is 0. The van der Waals surface area contributed by atoms with Crippen molar-refractivity contribution in [2.75, 3.05) is 6.61 Å². The summed E-state index contributed by atoms with van der Waals surface area (Å²) in [4.78, 5) is 0. The first-order chi connectivity index (χ1) is 10.5. The molecule has 0 aromatic carbocycles. The molecule has 0 spiro atoms. The van der Waals surface area contributed by atoms with Crippen molar-refractivity contribution in [3.05, 3.63) is 24.5 Å². The number of aryl methyl sites for hydroxylation is 1. The Kier molecular flexibility index (Phi) is 8.17. The van der Waals surface area contributed by atoms with Gasteiger partial charge in [-0.05, 0) is 25.3 Å². The summed E-state index contributed by atoms with van der Waals surface area (Å²) in [6.07, 6.45) is 0.177. The second-order valence-electron chi connectivity index (χ2n) is 4.95. The van der Waals surface area contributed by atoms with Crippen molar-refractivity contribution in [1.29, 1.82) is 0 Å². The summed E-state index contributed by atoms with van der Waals surface area (Å²) in [5.74, 6) is 0.437. The average Bonchev–Trinajstić information content (AvgIpc) is 2.90. The van der Waals surface area contributed by atoms with Crippen LogP contribution in [-0.2, 0) is 7.05 Å². The highest BCUT2D eigenvalue weighted by molar-refractivity contribution is 6.99. The molecule has 2 aromatic rings. The summed E-state index contributed by atoms with van der Waals surface area (Å²) in [6, 6.07) is 3.81. The molecule has 2 heterocycles. The monoisotopic (exact) mass is 459 g/mol. The van der Waals surface area contributed by atoms with Crippen LogP contribution in [0.2, 0.25) is 0 Å². The normalized spacial score (nSPS) is 11.1. The van der Waals surface area contributed by atoms with Crippen molar-refractivity contribution in [2.45, 2.75) is 31.9 Å². The molecule has 4 nitrogen and oxygen atoms in total. The first kappa shape index (κ1) is 20.1. The molecule has 2 aromatic heterocycles. The maximum Gasteiger partial charge on any atom is 0.389 e. The van der Waals surface area contributed by atoms with Crippen LogP contribution in [0.1, 0.15) is 25.7 Å². The van der Waals surface area contributed by atoms with Crippen molar-refractivity contribution >= 4 is 11.7 Å². The minimum atomic E-state index is -4.07. The molecule has 0 radical (unpaired) electrons. The molecule has 0 atom stereocenters. The van der Waals surface area contributed by atoms with Crippen LogP contribution in [-0.4, -0.2) is 21.5 Å². The van der Waals surface area contributed by atoms with Crippen LogP contribution in [0.3, 0.4) is 0 Å². The van der Waals surface area contributed by atoms with E-state index in [1.807, 2.05) is 36.1 Å². The third-order valence-corrected chi connectivity index (χ3v) is 3.53. The quantitative estimate of drug-likeness (QED) is 0.345. The number of pyridine rings is 1. The molecule has 0 aliphatic carbocycles. The van der Waals surface area contributed by atoms with Gasteiger partial charge in [0.05, 0.1) is 23.9 Å². The minimum absolute atomic E-state index is 0. The van der Waals surface area contributed by atoms with E-state index in [9.17, 15) is 13.2 Å². The number of halogens is 4. The van der Waals surface area contributed by atoms with Gasteiger partial charge in [0.2, 0.25) is 0 Å². The van der Waals surface area contributed by atoms with Crippen molar-refractivity contribution < 1.29 is 46.5 Å². The van der Waals surface area contributed by atoms with E-state index < -0.39 is 12.6 Å².